The van der Waals surface area contributed by atoms with Crippen LogP contribution in [-0.2, 0) is 26.6 Å². The molecule has 1 aliphatic heterocycles. The minimum Gasteiger partial charge on any atom is -0.445 e. The van der Waals surface area contributed by atoms with E-state index in [1.165, 1.54) is 5.06 Å². The van der Waals surface area contributed by atoms with Gasteiger partial charge in [-0.2, -0.15) is 0 Å². The van der Waals surface area contributed by atoms with Gasteiger partial charge in [-0.3, -0.25) is 4.79 Å². The molecule has 2 amide bonds. The Kier molecular flexibility index (Phi) is 6.78. The summed E-state index contributed by atoms with van der Waals surface area (Å²) in [5.41, 5.74) is 2.46. The van der Waals surface area contributed by atoms with E-state index >= 15 is 0 Å². The summed E-state index contributed by atoms with van der Waals surface area (Å²) in [6, 6.07) is 38.1. The van der Waals surface area contributed by atoms with Crippen LogP contribution in [0.2, 0.25) is 0 Å². The lowest BCUT2D eigenvalue weighted by Crippen LogP contribution is -2.65. The maximum absolute atomic E-state index is 13.1. The van der Waals surface area contributed by atoms with E-state index < -0.39 is 17.7 Å². The van der Waals surface area contributed by atoms with Gasteiger partial charge < -0.3 is 10.1 Å². The molecule has 1 heterocycles. The van der Waals surface area contributed by atoms with Gasteiger partial charge in [0.25, 0.3) is 5.91 Å². The molecule has 0 aliphatic carbocycles. The van der Waals surface area contributed by atoms with Crippen LogP contribution in [0.5, 0.6) is 0 Å². The fourth-order valence-corrected chi connectivity index (χ4v) is 4.33. The maximum Gasteiger partial charge on any atom is 0.408 e. The zero-order valence-electron chi connectivity index (χ0n) is 19.6. The monoisotopic (exact) mass is 478 g/mol. The molecule has 0 spiro atoms. The molecule has 4 aromatic carbocycles. The van der Waals surface area contributed by atoms with Crippen molar-refractivity contribution in [1.29, 1.82) is 0 Å². The first-order chi connectivity index (χ1) is 17.7. The SMILES string of the molecule is O=C(NC1CN(OC(c2ccccc2)(c2ccccc2)c2ccccc2)C1=O)OCc1ccccc1. The fraction of sp³-hybridized carbons (Fsp3) is 0.133. The molecule has 36 heavy (non-hydrogen) atoms. The number of carbonyl (C=O) groups is 2. The molecular weight excluding hydrogens is 452 g/mol. The number of carbonyl (C=O) groups excluding carboxylic acids is 2. The van der Waals surface area contributed by atoms with Crippen LogP contribution in [0.4, 0.5) is 4.79 Å². The summed E-state index contributed by atoms with van der Waals surface area (Å²) in [6.07, 6.45) is -0.641. The van der Waals surface area contributed by atoms with Crippen molar-refractivity contribution < 1.29 is 19.2 Å². The minimum absolute atomic E-state index is 0.132. The number of amides is 2. The molecule has 0 radical (unpaired) electrons. The molecule has 4 aromatic rings. The number of hydrogen-bond donors (Lipinski definition) is 1. The van der Waals surface area contributed by atoms with E-state index in [0.717, 1.165) is 22.3 Å². The number of β-lactam (4-membered cyclic amide) rings is 1. The topological polar surface area (TPSA) is 67.9 Å². The number of alkyl carbamates (subject to hydrolysis) is 1. The highest BCUT2D eigenvalue weighted by Crippen LogP contribution is 2.42. The van der Waals surface area contributed by atoms with Crippen LogP contribution in [-0.4, -0.2) is 29.7 Å². The number of nitrogens with zero attached hydrogens (tertiary/aromatic N) is 1. The molecule has 5 rings (SSSR count). The largest absolute Gasteiger partial charge is 0.445 e. The van der Waals surface area contributed by atoms with E-state index in [0.29, 0.717) is 0 Å². The molecule has 0 saturated carbocycles. The Balaban J connectivity index is 1.36. The van der Waals surface area contributed by atoms with Gasteiger partial charge in [0.1, 0.15) is 12.6 Å². The third-order valence-corrected chi connectivity index (χ3v) is 6.19. The molecule has 1 saturated heterocycles. The molecule has 1 aliphatic rings. The van der Waals surface area contributed by atoms with Crippen molar-refractivity contribution in [3.63, 3.8) is 0 Å². The van der Waals surface area contributed by atoms with Gasteiger partial charge in [-0.25, -0.2) is 14.7 Å². The summed E-state index contributed by atoms with van der Waals surface area (Å²) in [4.78, 5) is 31.9. The number of hydroxylamine groups is 2. The highest BCUT2D eigenvalue weighted by molar-refractivity contribution is 5.90. The molecule has 1 atom stereocenters. The van der Waals surface area contributed by atoms with Gasteiger partial charge in [0.2, 0.25) is 0 Å². The molecule has 6 heteroatoms. The molecule has 0 aromatic heterocycles. The molecule has 1 N–H and O–H groups in total. The zero-order valence-corrected chi connectivity index (χ0v) is 19.6. The molecular formula is C30H26N2O4. The van der Waals surface area contributed by atoms with Crippen molar-refractivity contribution in [2.75, 3.05) is 6.54 Å². The van der Waals surface area contributed by atoms with Crippen LogP contribution in [0.3, 0.4) is 0 Å². The summed E-state index contributed by atoms with van der Waals surface area (Å²) in [6.45, 7) is 0.334. The lowest BCUT2D eigenvalue weighted by molar-refractivity contribution is -0.248. The number of nitrogens with one attached hydrogen (secondary N) is 1. The number of rotatable bonds is 8. The van der Waals surface area contributed by atoms with E-state index in [1.807, 2.05) is 121 Å². The van der Waals surface area contributed by atoms with Gasteiger partial charge in [-0.05, 0) is 22.3 Å². The Morgan fingerprint density at radius 2 is 1.19 bits per heavy atom. The van der Waals surface area contributed by atoms with Crippen molar-refractivity contribution in [3.8, 4) is 0 Å². The van der Waals surface area contributed by atoms with Crippen LogP contribution >= 0.6 is 0 Å². The Morgan fingerprint density at radius 3 is 1.64 bits per heavy atom. The molecule has 6 nitrogen and oxygen atoms in total. The van der Waals surface area contributed by atoms with Crippen LogP contribution in [0.1, 0.15) is 22.3 Å². The summed E-state index contributed by atoms with van der Waals surface area (Å²) >= 11 is 0. The van der Waals surface area contributed by atoms with Gasteiger partial charge in [0, 0.05) is 0 Å². The lowest BCUT2D eigenvalue weighted by atomic mass is 9.80. The van der Waals surface area contributed by atoms with Crippen molar-refractivity contribution >= 4 is 12.0 Å². The fourth-order valence-electron chi connectivity index (χ4n) is 4.33. The third kappa shape index (κ3) is 4.72. The second kappa shape index (κ2) is 10.5. The van der Waals surface area contributed by atoms with Crippen LogP contribution in [0, 0.1) is 0 Å². The maximum atomic E-state index is 13.1. The molecule has 1 fully saturated rings. The number of ether oxygens (including phenoxy) is 1. The van der Waals surface area contributed by atoms with E-state index in [2.05, 4.69) is 5.32 Å². The van der Waals surface area contributed by atoms with Crippen molar-refractivity contribution in [1.82, 2.24) is 10.4 Å². The minimum atomic E-state index is -1.06. The van der Waals surface area contributed by atoms with Gasteiger partial charge in [-0.1, -0.05) is 121 Å². The van der Waals surface area contributed by atoms with Crippen molar-refractivity contribution in [2.24, 2.45) is 0 Å². The Bertz CT molecular complexity index is 1200. The second-order valence-corrected chi connectivity index (χ2v) is 8.53. The quantitative estimate of drug-likeness (QED) is 0.284. The van der Waals surface area contributed by atoms with Crippen molar-refractivity contribution in [3.05, 3.63) is 144 Å². The van der Waals surface area contributed by atoms with Crippen molar-refractivity contribution in [2.45, 2.75) is 18.2 Å². The number of benzene rings is 4. The Hall–Kier alpha value is -4.42. The Morgan fingerprint density at radius 1 is 0.750 bits per heavy atom. The van der Waals surface area contributed by atoms with Gasteiger partial charge in [0.05, 0.1) is 6.54 Å². The third-order valence-electron chi connectivity index (χ3n) is 6.19. The van der Waals surface area contributed by atoms with E-state index in [4.69, 9.17) is 9.57 Å². The standard InChI is InChI=1S/C30H26N2O4/c33-28-27(31-29(34)35-22-23-13-5-1-6-14-23)21-32(28)36-30(24-15-7-2-8-16-24,25-17-9-3-10-18-25)26-19-11-4-12-20-26/h1-20,27H,21-22H2,(H,31,34). The van der Waals surface area contributed by atoms with E-state index in [9.17, 15) is 9.59 Å². The highest BCUT2D eigenvalue weighted by atomic mass is 16.7. The van der Waals surface area contributed by atoms with Gasteiger partial charge in [-0.15, -0.1) is 0 Å². The van der Waals surface area contributed by atoms with Gasteiger partial charge in [0.15, 0.2) is 5.60 Å². The van der Waals surface area contributed by atoms with Crippen LogP contribution in [0.15, 0.2) is 121 Å². The van der Waals surface area contributed by atoms with Crippen LogP contribution < -0.4 is 5.32 Å². The lowest BCUT2D eigenvalue weighted by Gasteiger charge is -2.44. The summed E-state index contributed by atoms with van der Waals surface area (Å²) < 4.78 is 5.27. The normalized spacial score (nSPS) is 15.2. The second-order valence-electron chi connectivity index (χ2n) is 8.53. The summed E-state index contributed by atoms with van der Waals surface area (Å²) in [5, 5.41) is 3.95. The molecule has 0 bridgehead atoms. The number of hydrogen-bond acceptors (Lipinski definition) is 4. The van der Waals surface area contributed by atoms with E-state index in [1.54, 1.807) is 0 Å². The predicted octanol–water partition coefficient (Wildman–Crippen LogP) is 5.05. The smallest absolute Gasteiger partial charge is 0.408 e. The van der Waals surface area contributed by atoms with Crippen LogP contribution in [0.25, 0.3) is 0 Å². The first-order valence-electron chi connectivity index (χ1n) is 11.8. The first kappa shape index (κ1) is 23.3. The summed E-state index contributed by atoms with van der Waals surface area (Å²) in [7, 11) is 0. The first-order valence-corrected chi connectivity index (χ1v) is 11.8. The molecule has 1 unspecified atom stereocenters. The Labute approximate surface area is 210 Å². The predicted molar refractivity (Wildman–Crippen MR) is 136 cm³/mol. The average Bonchev–Trinajstić information content (AvgIpc) is 2.95. The average molecular weight is 479 g/mol. The molecule has 180 valence electrons. The highest BCUT2D eigenvalue weighted by Gasteiger charge is 2.47. The van der Waals surface area contributed by atoms with E-state index in [-0.39, 0.29) is 19.1 Å². The summed E-state index contributed by atoms with van der Waals surface area (Å²) in [5.74, 6) is -0.334. The zero-order chi connectivity index (χ0) is 24.8. The van der Waals surface area contributed by atoms with Gasteiger partial charge >= 0.3 is 6.09 Å².